The van der Waals surface area contributed by atoms with Crippen molar-refractivity contribution in [2.75, 3.05) is 25.0 Å². The lowest BCUT2D eigenvalue weighted by Gasteiger charge is -2.23. The Morgan fingerprint density at radius 3 is 2.70 bits per heavy atom. The average molecular weight is 334 g/mol. The molecule has 1 fully saturated rings. The lowest BCUT2D eigenvalue weighted by molar-refractivity contribution is -0.919. The summed E-state index contributed by atoms with van der Waals surface area (Å²) in [6.07, 6.45) is 4.18. The molecule has 4 nitrogen and oxygen atoms in total. The van der Waals surface area contributed by atoms with Gasteiger partial charge in [-0.15, -0.1) is 0 Å². The van der Waals surface area contributed by atoms with Gasteiger partial charge in [-0.05, 0) is 36.5 Å². The molecule has 122 valence electrons. The van der Waals surface area contributed by atoms with Gasteiger partial charge < -0.3 is 20.0 Å². The van der Waals surface area contributed by atoms with Crippen LogP contribution in [-0.4, -0.2) is 24.7 Å². The molecule has 0 saturated carbocycles. The third-order valence-electron chi connectivity index (χ3n) is 4.21. The van der Waals surface area contributed by atoms with Crippen molar-refractivity contribution in [2.45, 2.75) is 18.9 Å². The molecule has 23 heavy (non-hydrogen) atoms. The summed E-state index contributed by atoms with van der Waals surface area (Å²) in [4.78, 5) is 1.50. The standard InChI is InChI=1S/C17H20FN3OS/c18-13-6-1-2-7-14(13)20-17(23)19-12-15(16-8-5-11-22-16)21-9-3-4-10-21/h1-2,5-8,11,15H,3-4,9-10,12H2,(H2,19,20,23)/p+1/t15-/m0/s1. The Hall–Kier alpha value is -1.92. The molecule has 2 heterocycles. The van der Waals surface area contributed by atoms with Gasteiger partial charge in [0, 0.05) is 12.8 Å². The Kier molecular flexibility index (Phi) is 5.25. The van der Waals surface area contributed by atoms with E-state index >= 15 is 0 Å². The Balaban J connectivity index is 1.60. The number of hydrogen-bond acceptors (Lipinski definition) is 2. The molecule has 1 saturated heterocycles. The molecule has 6 heteroatoms. The molecule has 1 aromatic heterocycles. The monoisotopic (exact) mass is 334 g/mol. The number of para-hydroxylation sites is 1. The van der Waals surface area contributed by atoms with Crippen LogP contribution in [0.4, 0.5) is 10.1 Å². The summed E-state index contributed by atoms with van der Waals surface area (Å²) in [5.41, 5.74) is 0.382. The molecule has 0 radical (unpaired) electrons. The summed E-state index contributed by atoms with van der Waals surface area (Å²) in [5, 5.41) is 6.52. The zero-order chi connectivity index (χ0) is 16.1. The number of likely N-dealkylation sites (tertiary alicyclic amines) is 1. The van der Waals surface area contributed by atoms with Gasteiger partial charge >= 0.3 is 0 Å². The van der Waals surface area contributed by atoms with Crippen molar-refractivity contribution in [2.24, 2.45) is 0 Å². The minimum atomic E-state index is -0.315. The lowest BCUT2D eigenvalue weighted by Crippen LogP contribution is -3.11. The number of thiocarbonyl (C=S) groups is 1. The van der Waals surface area contributed by atoms with Crippen LogP contribution in [0, 0.1) is 5.82 Å². The van der Waals surface area contributed by atoms with E-state index in [0.29, 0.717) is 17.3 Å². The van der Waals surface area contributed by atoms with Gasteiger partial charge in [-0.2, -0.15) is 0 Å². The maximum absolute atomic E-state index is 13.6. The van der Waals surface area contributed by atoms with E-state index in [2.05, 4.69) is 10.6 Å². The highest BCUT2D eigenvalue weighted by molar-refractivity contribution is 7.80. The number of rotatable bonds is 5. The fourth-order valence-electron chi connectivity index (χ4n) is 3.04. The molecule has 0 aliphatic carbocycles. The number of halogens is 1. The van der Waals surface area contributed by atoms with E-state index in [4.69, 9.17) is 16.6 Å². The highest BCUT2D eigenvalue weighted by Crippen LogP contribution is 2.13. The third-order valence-corrected chi connectivity index (χ3v) is 4.46. The highest BCUT2D eigenvalue weighted by Gasteiger charge is 2.29. The zero-order valence-corrected chi connectivity index (χ0v) is 13.7. The summed E-state index contributed by atoms with van der Waals surface area (Å²) in [6.45, 7) is 2.93. The van der Waals surface area contributed by atoms with Crippen LogP contribution in [0.15, 0.2) is 47.1 Å². The molecule has 1 aliphatic heterocycles. The molecule has 0 amide bonds. The second kappa shape index (κ2) is 7.57. The van der Waals surface area contributed by atoms with Crippen LogP contribution < -0.4 is 15.5 Å². The Morgan fingerprint density at radius 1 is 1.22 bits per heavy atom. The molecular weight excluding hydrogens is 313 g/mol. The molecule has 0 unspecified atom stereocenters. The molecule has 1 aromatic carbocycles. The van der Waals surface area contributed by atoms with Crippen LogP contribution >= 0.6 is 12.2 Å². The molecule has 1 aliphatic rings. The van der Waals surface area contributed by atoms with Gasteiger partial charge in [0.25, 0.3) is 0 Å². The zero-order valence-electron chi connectivity index (χ0n) is 12.8. The normalized spacial score (nSPS) is 16.2. The van der Waals surface area contributed by atoms with E-state index in [1.165, 1.54) is 23.8 Å². The molecule has 3 N–H and O–H groups in total. The average Bonchev–Trinajstić information content (AvgIpc) is 3.23. The maximum atomic E-state index is 13.6. The van der Waals surface area contributed by atoms with E-state index in [9.17, 15) is 4.39 Å². The van der Waals surface area contributed by atoms with Crippen LogP contribution in [0.1, 0.15) is 24.6 Å². The first-order valence-corrected chi connectivity index (χ1v) is 8.32. The number of furan rings is 1. The molecule has 0 spiro atoms. The van der Waals surface area contributed by atoms with Crippen molar-refractivity contribution < 1.29 is 13.7 Å². The number of hydrogen-bond donors (Lipinski definition) is 3. The Labute approximate surface area is 140 Å². The largest absolute Gasteiger partial charge is 0.463 e. The lowest BCUT2D eigenvalue weighted by atomic mass is 10.2. The Morgan fingerprint density at radius 2 is 2.00 bits per heavy atom. The fourth-order valence-corrected chi connectivity index (χ4v) is 3.23. The number of benzene rings is 1. The second-order valence-electron chi connectivity index (χ2n) is 5.75. The maximum Gasteiger partial charge on any atom is 0.171 e. The number of quaternary nitrogens is 1. The summed E-state index contributed by atoms with van der Waals surface area (Å²) in [7, 11) is 0. The predicted molar refractivity (Wildman–Crippen MR) is 92.0 cm³/mol. The first-order valence-electron chi connectivity index (χ1n) is 7.91. The quantitative estimate of drug-likeness (QED) is 0.733. The molecule has 3 rings (SSSR count). The minimum absolute atomic E-state index is 0.216. The van der Waals surface area contributed by atoms with Crippen LogP contribution in [0.25, 0.3) is 0 Å². The van der Waals surface area contributed by atoms with E-state index < -0.39 is 0 Å². The summed E-state index contributed by atoms with van der Waals surface area (Å²) in [6, 6.07) is 10.6. The fraction of sp³-hybridized carbons (Fsp3) is 0.353. The highest BCUT2D eigenvalue weighted by atomic mass is 32.1. The van der Waals surface area contributed by atoms with E-state index in [0.717, 1.165) is 18.8 Å². The van der Waals surface area contributed by atoms with Crippen LogP contribution in [0.3, 0.4) is 0 Å². The summed E-state index contributed by atoms with van der Waals surface area (Å²) >= 11 is 5.29. The second-order valence-corrected chi connectivity index (χ2v) is 6.16. The van der Waals surface area contributed by atoms with E-state index in [1.54, 1.807) is 24.5 Å². The molecule has 2 aromatic rings. The third kappa shape index (κ3) is 4.09. The van der Waals surface area contributed by atoms with Crippen LogP contribution in [0.5, 0.6) is 0 Å². The molecular formula is C17H21FN3OS+. The Bertz CT molecular complexity index is 641. The van der Waals surface area contributed by atoms with Crippen molar-refractivity contribution in [1.82, 2.24) is 5.32 Å². The summed E-state index contributed by atoms with van der Waals surface area (Å²) in [5.74, 6) is 0.646. The van der Waals surface area contributed by atoms with Gasteiger partial charge in [-0.1, -0.05) is 12.1 Å². The van der Waals surface area contributed by atoms with Gasteiger partial charge in [0.1, 0.15) is 5.82 Å². The van der Waals surface area contributed by atoms with Crippen molar-refractivity contribution in [1.29, 1.82) is 0 Å². The first-order chi connectivity index (χ1) is 11.2. The van der Waals surface area contributed by atoms with E-state index in [1.807, 2.05) is 12.1 Å². The van der Waals surface area contributed by atoms with Gasteiger partial charge in [0.2, 0.25) is 0 Å². The van der Waals surface area contributed by atoms with Crippen molar-refractivity contribution in [3.63, 3.8) is 0 Å². The first kappa shape index (κ1) is 16.0. The smallest absolute Gasteiger partial charge is 0.171 e. The van der Waals surface area contributed by atoms with Crippen LogP contribution in [0.2, 0.25) is 0 Å². The van der Waals surface area contributed by atoms with Crippen molar-refractivity contribution in [3.05, 3.63) is 54.2 Å². The predicted octanol–water partition coefficient (Wildman–Crippen LogP) is 2.13. The van der Waals surface area contributed by atoms with Gasteiger partial charge in [-0.25, -0.2) is 4.39 Å². The van der Waals surface area contributed by atoms with Crippen molar-refractivity contribution in [3.8, 4) is 0 Å². The van der Waals surface area contributed by atoms with E-state index in [-0.39, 0.29) is 11.9 Å². The topological polar surface area (TPSA) is 41.6 Å². The van der Waals surface area contributed by atoms with Crippen LogP contribution in [-0.2, 0) is 0 Å². The number of nitrogens with one attached hydrogen (secondary N) is 3. The molecule has 1 atom stereocenters. The minimum Gasteiger partial charge on any atom is -0.463 e. The number of anilines is 1. The van der Waals surface area contributed by atoms with Crippen molar-refractivity contribution >= 4 is 23.0 Å². The van der Waals surface area contributed by atoms with Gasteiger partial charge in [0.15, 0.2) is 16.9 Å². The SMILES string of the molecule is Fc1ccccc1NC(=S)NC[C@@H](c1ccco1)[NH+]1CCCC1. The molecule has 0 bridgehead atoms. The van der Waals surface area contributed by atoms with Gasteiger partial charge in [0.05, 0.1) is 31.6 Å². The van der Waals surface area contributed by atoms with Gasteiger partial charge in [-0.3, -0.25) is 0 Å². The summed E-state index contributed by atoms with van der Waals surface area (Å²) < 4.78 is 19.2.